The van der Waals surface area contributed by atoms with E-state index in [0.29, 0.717) is 5.56 Å². The number of pyridine rings is 1. The lowest BCUT2D eigenvalue weighted by atomic mass is 9.86. The van der Waals surface area contributed by atoms with Crippen molar-refractivity contribution in [3.05, 3.63) is 52.2 Å². The zero-order valence-electron chi connectivity index (χ0n) is 13.5. The molecule has 0 spiro atoms. The normalized spacial score (nSPS) is 11.4. The van der Waals surface area contributed by atoms with Crippen molar-refractivity contribution in [2.75, 3.05) is 7.11 Å². The SMILES string of the molecule is COC(=O)c1c(C)cc(-c2ccc(C(C)(C)C)cc2)nc1Cl. The number of rotatable bonds is 2. The first-order chi connectivity index (χ1) is 10.2. The second kappa shape index (κ2) is 6.09. The summed E-state index contributed by atoms with van der Waals surface area (Å²) in [6, 6.07) is 10.1. The Morgan fingerprint density at radius 3 is 2.23 bits per heavy atom. The number of hydrogen-bond acceptors (Lipinski definition) is 3. The lowest BCUT2D eigenvalue weighted by molar-refractivity contribution is 0.0599. The van der Waals surface area contributed by atoms with Gasteiger partial charge in [-0.05, 0) is 29.5 Å². The van der Waals surface area contributed by atoms with Gasteiger partial charge in [-0.2, -0.15) is 0 Å². The van der Waals surface area contributed by atoms with Crippen LogP contribution in [0.15, 0.2) is 30.3 Å². The van der Waals surface area contributed by atoms with E-state index in [1.165, 1.54) is 12.7 Å². The minimum Gasteiger partial charge on any atom is -0.465 e. The Morgan fingerprint density at radius 1 is 1.18 bits per heavy atom. The summed E-state index contributed by atoms with van der Waals surface area (Å²) in [6.45, 7) is 8.35. The molecular weight excluding hydrogens is 298 g/mol. The van der Waals surface area contributed by atoms with E-state index in [0.717, 1.165) is 16.8 Å². The van der Waals surface area contributed by atoms with Crippen molar-refractivity contribution in [1.82, 2.24) is 4.98 Å². The predicted molar refractivity (Wildman–Crippen MR) is 89.5 cm³/mol. The fraction of sp³-hybridized carbons (Fsp3) is 0.333. The molecule has 0 unspecified atom stereocenters. The van der Waals surface area contributed by atoms with Crippen LogP contribution in [0.4, 0.5) is 0 Å². The lowest BCUT2D eigenvalue weighted by Crippen LogP contribution is -2.10. The first-order valence-electron chi connectivity index (χ1n) is 7.10. The van der Waals surface area contributed by atoms with Crippen molar-refractivity contribution >= 4 is 17.6 Å². The zero-order chi connectivity index (χ0) is 16.5. The van der Waals surface area contributed by atoms with Gasteiger partial charge < -0.3 is 4.74 Å². The molecule has 4 heteroatoms. The highest BCUT2D eigenvalue weighted by molar-refractivity contribution is 6.32. The van der Waals surface area contributed by atoms with Crippen molar-refractivity contribution in [2.24, 2.45) is 0 Å². The molecule has 116 valence electrons. The Balaban J connectivity index is 2.44. The number of benzene rings is 1. The zero-order valence-corrected chi connectivity index (χ0v) is 14.3. The molecule has 0 atom stereocenters. The molecule has 3 nitrogen and oxygen atoms in total. The van der Waals surface area contributed by atoms with Crippen LogP contribution >= 0.6 is 11.6 Å². The highest BCUT2D eigenvalue weighted by Crippen LogP contribution is 2.28. The average Bonchev–Trinajstić information content (AvgIpc) is 2.45. The molecule has 0 aliphatic carbocycles. The summed E-state index contributed by atoms with van der Waals surface area (Å²) in [5, 5.41) is 0.168. The Morgan fingerprint density at radius 2 is 1.77 bits per heavy atom. The minimum atomic E-state index is -0.468. The largest absolute Gasteiger partial charge is 0.465 e. The van der Waals surface area contributed by atoms with Gasteiger partial charge in [0.05, 0.1) is 18.4 Å². The molecule has 0 bridgehead atoms. The Kier molecular flexibility index (Phi) is 4.57. The van der Waals surface area contributed by atoms with E-state index >= 15 is 0 Å². The van der Waals surface area contributed by atoms with Gasteiger partial charge in [-0.1, -0.05) is 56.6 Å². The van der Waals surface area contributed by atoms with Crippen LogP contribution in [0.5, 0.6) is 0 Å². The quantitative estimate of drug-likeness (QED) is 0.590. The molecule has 0 aliphatic rings. The monoisotopic (exact) mass is 317 g/mol. The first kappa shape index (κ1) is 16.5. The van der Waals surface area contributed by atoms with Crippen molar-refractivity contribution in [3.8, 4) is 11.3 Å². The van der Waals surface area contributed by atoms with Gasteiger partial charge in [-0.15, -0.1) is 0 Å². The summed E-state index contributed by atoms with van der Waals surface area (Å²) < 4.78 is 4.73. The summed E-state index contributed by atoms with van der Waals surface area (Å²) >= 11 is 6.15. The van der Waals surface area contributed by atoms with Gasteiger partial charge in [0.15, 0.2) is 0 Å². The smallest absolute Gasteiger partial charge is 0.341 e. The molecule has 0 aliphatic heterocycles. The summed E-state index contributed by atoms with van der Waals surface area (Å²) in [6.07, 6.45) is 0. The van der Waals surface area contributed by atoms with Gasteiger partial charge in [-0.25, -0.2) is 9.78 Å². The van der Waals surface area contributed by atoms with Crippen LogP contribution in [0.2, 0.25) is 5.15 Å². The van der Waals surface area contributed by atoms with E-state index in [1.807, 2.05) is 25.1 Å². The summed E-state index contributed by atoms with van der Waals surface area (Å²) in [7, 11) is 1.33. The topological polar surface area (TPSA) is 39.2 Å². The van der Waals surface area contributed by atoms with Gasteiger partial charge >= 0.3 is 5.97 Å². The fourth-order valence-corrected chi connectivity index (χ4v) is 2.59. The number of ether oxygens (including phenoxy) is 1. The maximum atomic E-state index is 11.7. The van der Waals surface area contributed by atoms with Gasteiger partial charge in [0.2, 0.25) is 0 Å². The molecular formula is C18H20ClNO2. The molecule has 22 heavy (non-hydrogen) atoms. The molecule has 0 N–H and O–H groups in total. The second-order valence-corrected chi connectivity index (χ2v) is 6.67. The predicted octanol–water partition coefficient (Wildman–Crippen LogP) is 4.79. The number of nitrogens with zero attached hydrogens (tertiary/aromatic N) is 1. The Labute approximate surface area is 136 Å². The highest BCUT2D eigenvalue weighted by atomic mass is 35.5. The van der Waals surface area contributed by atoms with Gasteiger partial charge in [0.25, 0.3) is 0 Å². The number of carbonyl (C=O) groups excluding carboxylic acids is 1. The first-order valence-corrected chi connectivity index (χ1v) is 7.48. The van der Waals surface area contributed by atoms with E-state index < -0.39 is 5.97 Å². The van der Waals surface area contributed by atoms with Crippen LogP contribution in [0, 0.1) is 6.92 Å². The van der Waals surface area contributed by atoms with Gasteiger partial charge in [0, 0.05) is 5.56 Å². The van der Waals surface area contributed by atoms with Crippen molar-refractivity contribution in [3.63, 3.8) is 0 Å². The number of hydrogen-bond donors (Lipinski definition) is 0. The summed E-state index contributed by atoms with van der Waals surface area (Å²) in [4.78, 5) is 16.0. The van der Waals surface area contributed by atoms with Crippen LogP contribution in [0.1, 0.15) is 42.3 Å². The van der Waals surface area contributed by atoms with Crippen molar-refractivity contribution in [2.45, 2.75) is 33.1 Å². The van der Waals surface area contributed by atoms with Gasteiger partial charge in [0.1, 0.15) is 5.15 Å². The van der Waals surface area contributed by atoms with Gasteiger partial charge in [-0.3, -0.25) is 0 Å². The third kappa shape index (κ3) is 3.30. The molecule has 2 aromatic rings. The molecule has 1 aromatic carbocycles. The third-order valence-electron chi connectivity index (χ3n) is 3.61. The summed E-state index contributed by atoms with van der Waals surface area (Å²) in [5.74, 6) is -0.468. The molecule has 0 saturated carbocycles. The Bertz CT molecular complexity index is 677. The van der Waals surface area contributed by atoms with Crippen LogP contribution in [0.25, 0.3) is 11.3 Å². The number of halogens is 1. The van der Waals surface area contributed by atoms with E-state index in [1.54, 1.807) is 0 Å². The molecule has 0 fully saturated rings. The van der Waals surface area contributed by atoms with Crippen LogP contribution in [0.3, 0.4) is 0 Å². The molecule has 1 aromatic heterocycles. The maximum Gasteiger partial charge on any atom is 0.341 e. The van der Waals surface area contributed by atoms with Crippen molar-refractivity contribution in [1.29, 1.82) is 0 Å². The highest BCUT2D eigenvalue weighted by Gasteiger charge is 2.18. The average molecular weight is 318 g/mol. The Hall–Kier alpha value is -1.87. The summed E-state index contributed by atoms with van der Waals surface area (Å²) in [5.41, 5.74) is 4.14. The number of carbonyl (C=O) groups is 1. The maximum absolute atomic E-state index is 11.7. The van der Waals surface area contributed by atoms with Crippen molar-refractivity contribution < 1.29 is 9.53 Å². The van der Waals surface area contributed by atoms with E-state index in [2.05, 4.69) is 37.9 Å². The van der Waals surface area contributed by atoms with Crippen LogP contribution in [-0.4, -0.2) is 18.1 Å². The number of methoxy groups -OCH3 is 1. The number of aryl methyl sites for hydroxylation is 1. The standard InChI is InChI=1S/C18H20ClNO2/c1-11-10-14(20-16(19)15(11)17(21)22-5)12-6-8-13(9-7-12)18(2,3)4/h6-10H,1-5H3. The van der Waals surface area contributed by atoms with E-state index in [4.69, 9.17) is 16.3 Å². The lowest BCUT2D eigenvalue weighted by Gasteiger charge is -2.19. The second-order valence-electron chi connectivity index (χ2n) is 6.31. The van der Waals surface area contributed by atoms with Crippen LogP contribution in [-0.2, 0) is 10.2 Å². The number of esters is 1. The van der Waals surface area contributed by atoms with Crippen LogP contribution < -0.4 is 0 Å². The van der Waals surface area contributed by atoms with E-state index in [-0.39, 0.29) is 10.6 Å². The minimum absolute atomic E-state index is 0.105. The third-order valence-corrected chi connectivity index (χ3v) is 3.88. The molecule has 0 saturated heterocycles. The number of aromatic nitrogens is 1. The molecule has 1 heterocycles. The molecule has 2 rings (SSSR count). The molecule has 0 amide bonds. The van der Waals surface area contributed by atoms with E-state index in [9.17, 15) is 4.79 Å². The fourth-order valence-electron chi connectivity index (χ4n) is 2.27. The molecule has 0 radical (unpaired) electrons.